The van der Waals surface area contributed by atoms with Crippen molar-refractivity contribution in [1.29, 1.82) is 0 Å². The summed E-state index contributed by atoms with van der Waals surface area (Å²) in [6, 6.07) is 5.11. The molecule has 0 bridgehead atoms. The maximum Gasteiger partial charge on any atom is 0.309 e. The number of amides is 1. The number of halogens is 1. The third-order valence-corrected chi connectivity index (χ3v) is 8.99. The van der Waals surface area contributed by atoms with Gasteiger partial charge in [0.1, 0.15) is 11.4 Å². The number of benzene rings is 1. The Labute approximate surface area is 215 Å². The first-order valence-electron chi connectivity index (χ1n) is 14.3. The first kappa shape index (κ1) is 25.7. The molecule has 3 saturated carbocycles. The predicted molar refractivity (Wildman–Crippen MR) is 136 cm³/mol. The van der Waals surface area contributed by atoms with E-state index in [1.165, 1.54) is 31.7 Å². The first-order chi connectivity index (χ1) is 17.4. The minimum atomic E-state index is -0.281. The van der Waals surface area contributed by atoms with Crippen LogP contribution < -0.4 is 0 Å². The number of rotatable bonds is 9. The van der Waals surface area contributed by atoms with Gasteiger partial charge in [0.15, 0.2) is 0 Å². The van der Waals surface area contributed by atoms with Crippen molar-refractivity contribution in [2.45, 2.75) is 96.2 Å². The molecule has 5 rings (SSSR count). The molecule has 1 saturated heterocycles. The molecule has 0 aromatic heterocycles. The van der Waals surface area contributed by atoms with E-state index in [2.05, 4.69) is 0 Å². The van der Waals surface area contributed by atoms with E-state index in [-0.39, 0.29) is 42.2 Å². The number of carbonyl (C=O) groups excluding carboxylic acids is 2. The third kappa shape index (κ3) is 6.67. The lowest BCUT2D eigenvalue weighted by Gasteiger charge is -2.31. The highest BCUT2D eigenvalue weighted by Crippen LogP contribution is 2.49. The summed E-state index contributed by atoms with van der Waals surface area (Å²) in [7, 11) is 0. The second kappa shape index (κ2) is 11.2. The van der Waals surface area contributed by atoms with Crippen molar-refractivity contribution in [3.63, 3.8) is 0 Å². The Morgan fingerprint density at radius 2 is 1.81 bits per heavy atom. The van der Waals surface area contributed by atoms with Crippen LogP contribution >= 0.6 is 0 Å². The van der Waals surface area contributed by atoms with Crippen LogP contribution in [0, 0.1) is 29.5 Å². The van der Waals surface area contributed by atoms with Gasteiger partial charge < -0.3 is 14.4 Å². The van der Waals surface area contributed by atoms with Gasteiger partial charge in [-0.25, -0.2) is 4.39 Å². The van der Waals surface area contributed by atoms with Crippen molar-refractivity contribution in [2.75, 3.05) is 19.7 Å². The zero-order valence-electron chi connectivity index (χ0n) is 21.8. The fourth-order valence-corrected chi connectivity index (χ4v) is 6.01. The van der Waals surface area contributed by atoms with E-state index in [1.54, 1.807) is 6.07 Å². The molecule has 4 aliphatic rings. The van der Waals surface area contributed by atoms with E-state index in [4.69, 9.17) is 9.47 Å². The largest absolute Gasteiger partial charge is 0.459 e. The molecule has 0 spiro atoms. The summed E-state index contributed by atoms with van der Waals surface area (Å²) in [6.07, 6.45) is 12.3. The highest BCUT2D eigenvalue weighted by atomic mass is 19.1. The van der Waals surface area contributed by atoms with Gasteiger partial charge >= 0.3 is 5.97 Å². The Hall–Kier alpha value is -1.95. The second-order valence-electron chi connectivity index (χ2n) is 12.1. The van der Waals surface area contributed by atoms with Crippen molar-refractivity contribution < 1.29 is 23.5 Å². The molecule has 1 aromatic carbocycles. The van der Waals surface area contributed by atoms with E-state index in [0.717, 1.165) is 63.6 Å². The minimum absolute atomic E-state index is 0.0363. The Bertz CT molecular complexity index is 941. The maximum atomic E-state index is 14.6. The zero-order chi connectivity index (χ0) is 25.1. The van der Waals surface area contributed by atoms with Crippen molar-refractivity contribution in [3.05, 3.63) is 35.1 Å². The average molecular weight is 500 g/mol. The summed E-state index contributed by atoms with van der Waals surface area (Å²) in [5.74, 6) is 1.91. The average Bonchev–Trinajstić information content (AvgIpc) is 3.71. The molecule has 1 heterocycles. The van der Waals surface area contributed by atoms with E-state index in [1.807, 2.05) is 17.9 Å². The quantitative estimate of drug-likeness (QED) is 0.402. The first-order valence-corrected chi connectivity index (χ1v) is 14.3. The number of ether oxygens (including phenoxy) is 2. The Morgan fingerprint density at radius 1 is 1.06 bits per heavy atom. The van der Waals surface area contributed by atoms with E-state index in [9.17, 15) is 14.0 Å². The van der Waals surface area contributed by atoms with Crippen LogP contribution in [0.2, 0.25) is 0 Å². The number of likely N-dealkylation sites (tertiary alicyclic amines) is 1. The lowest BCUT2D eigenvalue weighted by Crippen LogP contribution is -2.42. The smallest absolute Gasteiger partial charge is 0.309 e. The Kier molecular flexibility index (Phi) is 7.99. The summed E-state index contributed by atoms with van der Waals surface area (Å²) in [5.41, 5.74) is 1.12. The lowest BCUT2D eigenvalue weighted by atomic mass is 9.91. The molecule has 5 nitrogen and oxygen atoms in total. The number of hydrogen-bond acceptors (Lipinski definition) is 4. The molecule has 0 N–H and O–H groups in total. The molecule has 1 amide bonds. The van der Waals surface area contributed by atoms with Gasteiger partial charge in [-0.05, 0) is 74.8 Å². The number of carbonyl (C=O) groups is 2. The van der Waals surface area contributed by atoms with Crippen LogP contribution in [0.15, 0.2) is 18.2 Å². The summed E-state index contributed by atoms with van der Waals surface area (Å²) >= 11 is 0. The molecule has 6 heteroatoms. The van der Waals surface area contributed by atoms with Gasteiger partial charge in [-0.15, -0.1) is 0 Å². The fourth-order valence-electron chi connectivity index (χ4n) is 6.01. The molecule has 4 unspecified atom stereocenters. The van der Waals surface area contributed by atoms with E-state index in [0.29, 0.717) is 29.9 Å². The van der Waals surface area contributed by atoms with E-state index < -0.39 is 0 Å². The number of esters is 1. The molecule has 4 atom stereocenters. The Balaban J connectivity index is 1.02. The van der Waals surface area contributed by atoms with Gasteiger partial charge in [-0.3, -0.25) is 9.59 Å². The topological polar surface area (TPSA) is 55.8 Å². The standard InChI is InChI=1S/C30H42FNO4/c1-30(12-13-30)36-29(34)23-7-3-2-6-22(8-4-9-23)26-18-25(26)20-35-19-24-11-10-21(16-27(24)31)17-28(33)32-14-5-15-32/h10-11,16,22-23,25-26H,2-9,12-15,17-20H2,1H3. The van der Waals surface area contributed by atoms with E-state index >= 15 is 0 Å². The van der Waals surface area contributed by atoms with Gasteiger partial charge in [-0.1, -0.05) is 44.2 Å². The maximum absolute atomic E-state index is 14.6. The fraction of sp³-hybridized carbons (Fsp3) is 0.733. The van der Waals surface area contributed by atoms with Crippen LogP contribution in [-0.4, -0.2) is 42.1 Å². The molecule has 1 aliphatic heterocycles. The Morgan fingerprint density at radius 3 is 2.53 bits per heavy atom. The molecular formula is C30H42FNO4. The normalized spacial score (nSPS) is 29.3. The molecule has 36 heavy (non-hydrogen) atoms. The van der Waals surface area contributed by atoms with Gasteiger partial charge in [0.2, 0.25) is 5.91 Å². The van der Waals surface area contributed by atoms with Crippen molar-refractivity contribution in [3.8, 4) is 0 Å². The van der Waals surface area contributed by atoms with Gasteiger partial charge in [0.05, 0.1) is 25.6 Å². The van der Waals surface area contributed by atoms with Gasteiger partial charge in [-0.2, -0.15) is 0 Å². The molecule has 4 fully saturated rings. The van der Waals surface area contributed by atoms with Crippen LogP contribution in [0.5, 0.6) is 0 Å². The molecule has 1 aromatic rings. The van der Waals surface area contributed by atoms with Gasteiger partial charge in [0.25, 0.3) is 0 Å². The van der Waals surface area contributed by atoms with Gasteiger partial charge in [0, 0.05) is 18.7 Å². The van der Waals surface area contributed by atoms with Crippen LogP contribution in [0.3, 0.4) is 0 Å². The predicted octanol–water partition coefficient (Wildman–Crippen LogP) is 5.83. The number of nitrogens with zero attached hydrogens (tertiary/aromatic N) is 1. The monoisotopic (exact) mass is 499 g/mol. The molecule has 198 valence electrons. The summed E-state index contributed by atoms with van der Waals surface area (Å²) in [6.45, 7) is 4.66. The molecule has 3 aliphatic carbocycles. The minimum Gasteiger partial charge on any atom is -0.459 e. The highest BCUT2D eigenvalue weighted by Gasteiger charge is 2.44. The zero-order valence-corrected chi connectivity index (χ0v) is 21.8. The summed E-state index contributed by atoms with van der Waals surface area (Å²) < 4.78 is 26.3. The number of hydrogen-bond donors (Lipinski definition) is 0. The molecular weight excluding hydrogens is 457 g/mol. The van der Waals surface area contributed by atoms with Crippen LogP contribution in [0.1, 0.15) is 88.7 Å². The molecule has 0 radical (unpaired) electrons. The lowest BCUT2D eigenvalue weighted by molar-refractivity contribution is -0.155. The second-order valence-corrected chi connectivity index (χ2v) is 12.1. The van der Waals surface area contributed by atoms with Crippen molar-refractivity contribution in [1.82, 2.24) is 4.90 Å². The van der Waals surface area contributed by atoms with Crippen molar-refractivity contribution in [2.24, 2.45) is 23.7 Å². The third-order valence-electron chi connectivity index (χ3n) is 8.99. The highest BCUT2D eigenvalue weighted by molar-refractivity contribution is 5.79. The van der Waals surface area contributed by atoms with Crippen molar-refractivity contribution >= 4 is 11.9 Å². The van der Waals surface area contributed by atoms with Crippen LogP contribution in [-0.2, 0) is 32.1 Å². The summed E-state index contributed by atoms with van der Waals surface area (Å²) in [5, 5.41) is 0. The SMILES string of the molecule is CC1(OC(=O)C2CCCCC(C3CC3COCc3ccc(CC(=O)N4CCC4)cc3F)CCC2)CC1. The van der Waals surface area contributed by atoms with Crippen LogP contribution in [0.25, 0.3) is 0 Å². The van der Waals surface area contributed by atoms with Crippen LogP contribution in [0.4, 0.5) is 4.39 Å². The summed E-state index contributed by atoms with van der Waals surface area (Å²) in [4.78, 5) is 26.5.